The molecule has 4 heterocycles. The Kier molecular flexibility index (Phi) is 6.36. The topological polar surface area (TPSA) is 78.4 Å². The highest BCUT2D eigenvalue weighted by atomic mass is 35.5. The molecule has 0 atom stereocenters. The fourth-order valence-corrected chi connectivity index (χ4v) is 2.75. The lowest BCUT2D eigenvalue weighted by Crippen LogP contribution is -2.11. The summed E-state index contributed by atoms with van der Waals surface area (Å²) in [5, 5.41) is 15.8. The Morgan fingerprint density at radius 3 is 2.79 bits per heavy atom. The Morgan fingerprint density at radius 2 is 1.96 bits per heavy atom. The number of nitrogens with zero attached hydrogens (tertiary/aromatic N) is 7. The molecular formula is C14H20Cl2N8. The largest absolute Gasteiger partial charge is 0.328 e. The SMILES string of the molecule is Cl.Cl.c1cn(CCn2cnnc2)c(-c2cc3n(n2)CCCNC3)n1. The van der Waals surface area contributed by atoms with Crippen LogP contribution in [0.15, 0.2) is 31.1 Å². The quantitative estimate of drug-likeness (QED) is 0.750. The van der Waals surface area contributed by atoms with E-state index in [-0.39, 0.29) is 24.8 Å². The van der Waals surface area contributed by atoms with Gasteiger partial charge in [-0.05, 0) is 19.0 Å². The zero-order chi connectivity index (χ0) is 14.8. The van der Waals surface area contributed by atoms with Crippen LogP contribution in [-0.4, -0.2) is 40.6 Å². The zero-order valence-electron chi connectivity index (χ0n) is 13.1. The lowest BCUT2D eigenvalue weighted by molar-refractivity contribution is 0.574. The Balaban J connectivity index is 0.00000104. The van der Waals surface area contributed by atoms with Gasteiger partial charge in [-0.2, -0.15) is 5.10 Å². The third-order valence-corrected chi connectivity index (χ3v) is 3.90. The second kappa shape index (κ2) is 8.27. The van der Waals surface area contributed by atoms with Crippen LogP contribution in [0.4, 0.5) is 0 Å². The van der Waals surface area contributed by atoms with Crippen LogP contribution in [-0.2, 0) is 26.2 Å². The van der Waals surface area contributed by atoms with Crippen molar-refractivity contribution in [1.29, 1.82) is 0 Å². The van der Waals surface area contributed by atoms with E-state index in [0.717, 1.165) is 50.7 Å². The molecule has 10 heteroatoms. The molecule has 130 valence electrons. The van der Waals surface area contributed by atoms with E-state index >= 15 is 0 Å². The lowest BCUT2D eigenvalue weighted by Gasteiger charge is -2.06. The molecule has 0 fully saturated rings. The fourth-order valence-electron chi connectivity index (χ4n) is 2.75. The second-order valence-electron chi connectivity index (χ2n) is 5.42. The first kappa shape index (κ1) is 18.4. The lowest BCUT2D eigenvalue weighted by atomic mass is 10.3. The molecule has 0 aliphatic carbocycles. The molecule has 3 aromatic rings. The Bertz CT molecular complexity index is 725. The molecule has 8 nitrogen and oxygen atoms in total. The first-order valence-electron chi connectivity index (χ1n) is 7.51. The number of rotatable bonds is 4. The maximum absolute atomic E-state index is 4.72. The van der Waals surface area contributed by atoms with Gasteiger partial charge in [-0.25, -0.2) is 4.98 Å². The molecule has 4 rings (SSSR count). The summed E-state index contributed by atoms with van der Waals surface area (Å²) < 4.78 is 6.17. The van der Waals surface area contributed by atoms with Crippen LogP contribution in [0.3, 0.4) is 0 Å². The van der Waals surface area contributed by atoms with Crippen LogP contribution in [0, 0.1) is 0 Å². The van der Waals surface area contributed by atoms with E-state index < -0.39 is 0 Å². The molecule has 0 spiro atoms. The summed E-state index contributed by atoms with van der Waals surface area (Å²) in [6, 6.07) is 2.13. The van der Waals surface area contributed by atoms with Crippen LogP contribution < -0.4 is 5.32 Å². The van der Waals surface area contributed by atoms with E-state index in [1.165, 1.54) is 5.69 Å². The second-order valence-corrected chi connectivity index (χ2v) is 5.42. The summed E-state index contributed by atoms with van der Waals surface area (Å²) >= 11 is 0. The summed E-state index contributed by atoms with van der Waals surface area (Å²) in [4.78, 5) is 4.48. The number of aryl methyl sites for hydroxylation is 3. The first-order chi connectivity index (χ1) is 10.9. The van der Waals surface area contributed by atoms with Gasteiger partial charge in [0.05, 0.1) is 5.69 Å². The molecule has 0 saturated carbocycles. The number of halogens is 2. The van der Waals surface area contributed by atoms with Crippen molar-refractivity contribution in [3.63, 3.8) is 0 Å². The highest BCUT2D eigenvalue weighted by molar-refractivity contribution is 5.85. The van der Waals surface area contributed by atoms with E-state index in [0.29, 0.717) is 0 Å². The fraction of sp³-hybridized carbons (Fsp3) is 0.429. The van der Waals surface area contributed by atoms with Crippen molar-refractivity contribution in [3.8, 4) is 11.5 Å². The summed E-state index contributed by atoms with van der Waals surface area (Å²) in [7, 11) is 0. The third kappa shape index (κ3) is 3.77. The van der Waals surface area contributed by atoms with E-state index in [1.54, 1.807) is 12.7 Å². The van der Waals surface area contributed by atoms with Gasteiger partial charge in [0.2, 0.25) is 0 Å². The Labute approximate surface area is 152 Å². The maximum atomic E-state index is 4.72. The molecule has 1 N–H and O–H groups in total. The van der Waals surface area contributed by atoms with Crippen LogP contribution >= 0.6 is 24.8 Å². The van der Waals surface area contributed by atoms with Gasteiger partial charge < -0.3 is 14.5 Å². The molecule has 0 amide bonds. The monoisotopic (exact) mass is 370 g/mol. The number of imidazole rings is 1. The standard InChI is InChI=1S/C14H18N8.2ClH/c1-2-15-9-12-8-13(19-22(12)4-1)14-16-3-5-21(14)7-6-20-10-17-18-11-20;;/h3,5,8,10-11,15H,1-2,4,6-7,9H2;2*1H. The first-order valence-corrected chi connectivity index (χ1v) is 7.51. The van der Waals surface area contributed by atoms with Gasteiger partial charge in [-0.1, -0.05) is 0 Å². The van der Waals surface area contributed by atoms with E-state index in [9.17, 15) is 0 Å². The van der Waals surface area contributed by atoms with Gasteiger partial charge in [0.1, 0.15) is 18.3 Å². The number of hydrogen-bond acceptors (Lipinski definition) is 5. The third-order valence-electron chi connectivity index (χ3n) is 3.90. The number of fused-ring (bicyclic) bond motifs is 1. The summed E-state index contributed by atoms with van der Waals surface area (Å²) in [6.07, 6.45) is 8.37. The van der Waals surface area contributed by atoms with Crippen molar-refractivity contribution in [1.82, 2.24) is 39.4 Å². The molecule has 0 bridgehead atoms. The van der Waals surface area contributed by atoms with Crippen LogP contribution in [0.1, 0.15) is 12.1 Å². The summed E-state index contributed by atoms with van der Waals surface area (Å²) in [6.45, 7) is 4.50. The molecular weight excluding hydrogens is 351 g/mol. The molecule has 24 heavy (non-hydrogen) atoms. The zero-order valence-corrected chi connectivity index (χ0v) is 14.7. The molecule has 0 radical (unpaired) electrons. The summed E-state index contributed by atoms with van der Waals surface area (Å²) in [5.41, 5.74) is 2.16. The van der Waals surface area contributed by atoms with Gasteiger partial charge in [-0.15, -0.1) is 35.0 Å². The maximum Gasteiger partial charge on any atom is 0.160 e. The van der Waals surface area contributed by atoms with Gasteiger partial charge in [-0.3, -0.25) is 4.68 Å². The Hall–Kier alpha value is -1.90. The van der Waals surface area contributed by atoms with Gasteiger partial charge in [0.15, 0.2) is 5.82 Å². The van der Waals surface area contributed by atoms with Crippen molar-refractivity contribution in [2.75, 3.05) is 6.54 Å². The van der Waals surface area contributed by atoms with Crippen molar-refractivity contribution in [2.45, 2.75) is 32.6 Å². The van der Waals surface area contributed by atoms with E-state index in [1.807, 2.05) is 17.0 Å². The average molecular weight is 371 g/mol. The normalized spacial score (nSPS) is 13.5. The van der Waals surface area contributed by atoms with E-state index in [2.05, 4.69) is 35.8 Å². The minimum absolute atomic E-state index is 0. The molecule has 1 aliphatic heterocycles. The van der Waals surface area contributed by atoms with Crippen LogP contribution in [0.25, 0.3) is 11.5 Å². The van der Waals surface area contributed by atoms with Crippen LogP contribution in [0.5, 0.6) is 0 Å². The molecule has 3 aromatic heterocycles. The number of nitrogens with one attached hydrogen (secondary N) is 1. The average Bonchev–Trinajstić information content (AvgIpc) is 3.24. The van der Waals surface area contributed by atoms with Crippen molar-refractivity contribution in [2.24, 2.45) is 0 Å². The van der Waals surface area contributed by atoms with Gasteiger partial charge >= 0.3 is 0 Å². The van der Waals surface area contributed by atoms with Crippen molar-refractivity contribution in [3.05, 3.63) is 36.8 Å². The van der Waals surface area contributed by atoms with Crippen molar-refractivity contribution < 1.29 is 0 Å². The number of hydrogen-bond donors (Lipinski definition) is 1. The van der Waals surface area contributed by atoms with Crippen molar-refractivity contribution >= 4 is 24.8 Å². The predicted molar refractivity (Wildman–Crippen MR) is 94.3 cm³/mol. The minimum atomic E-state index is 0. The molecule has 1 aliphatic rings. The van der Waals surface area contributed by atoms with Gasteiger partial charge in [0.25, 0.3) is 0 Å². The molecule has 0 saturated heterocycles. The highest BCUT2D eigenvalue weighted by Crippen LogP contribution is 2.19. The summed E-state index contributed by atoms with van der Waals surface area (Å²) in [5.74, 6) is 0.911. The van der Waals surface area contributed by atoms with E-state index in [4.69, 9.17) is 5.10 Å². The minimum Gasteiger partial charge on any atom is -0.328 e. The Morgan fingerprint density at radius 1 is 1.12 bits per heavy atom. The molecule has 0 unspecified atom stereocenters. The smallest absolute Gasteiger partial charge is 0.160 e. The number of aromatic nitrogens is 7. The van der Waals surface area contributed by atoms with Gasteiger partial charge in [0, 0.05) is 38.6 Å². The highest BCUT2D eigenvalue weighted by Gasteiger charge is 2.15. The van der Waals surface area contributed by atoms with Crippen LogP contribution in [0.2, 0.25) is 0 Å². The molecule has 0 aromatic carbocycles. The predicted octanol–water partition coefficient (Wildman–Crippen LogP) is 1.38.